The van der Waals surface area contributed by atoms with Crippen LogP contribution in [0.5, 0.6) is 5.75 Å². The number of imidazole rings is 1. The Labute approximate surface area is 229 Å². The minimum Gasteiger partial charge on any atom is -0.462 e. The van der Waals surface area contributed by atoms with Crippen LogP contribution in [0.15, 0.2) is 54.6 Å². The summed E-state index contributed by atoms with van der Waals surface area (Å²) in [7, 11) is -3.12. The molecule has 2 aliphatic rings. The first kappa shape index (κ1) is 28.1. The zero-order chi connectivity index (χ0) is 28.4. The van der Waals surface area contributed by atoms with Gasteiger partial charge in [-0.25, -0.2) is 22.9 Å². The largest absolute Gasteiger partial charge is 0.462 e. The van der Waals surface area contributed by atoms with Crippen molar-refractivity contribution in [2.24, 2.45) is 0 Å². The van der Waals surface area contributed by atoms with Gasteiger partial charge in [-0.3, -0.25) is 9.20 Å². The number of halogens is 3. The summed E-state index contributed by atoms with van der Waals surface area (Å²) in [6.07, 6.45) is 4.40. The molecule has 1 unspecified atom stereocenters. The molecule has 1 saturated carbocycles. The number of alkyl halides is 2. The average molecular weight is 579 g/mol. The summed E-state index contributed by atoms with van der Waals surface area (Å²) in [5, 5.41) is 0. The van der Waals surface area contributed by atoms with Crippen LogP contribution in [0.4, 0.5) is 13.2 Å². The van der Waals surface area contributed by atoms with E-state index in [4.69, 9.17) is 9.47 Å². The molecule has 1 fully saturated rings. The predicted molar refractivity (Wildman–Crippen MR) is 140 cm³/mol. The van der Waals surface area contributed by atoms with Crippen LogP contribution in [-0.2, 0) is 14.9 Å². The van der Waals surface area contributed by atoms with Crippen LogP contribution in [0.25, 0.3) is 5.65 Å². The molecule has 9 nitrogen and oxygen atoms in total. The number of nitrogens with zero attached hydrogens (tertiary/aromatic N) is 3. The van der Waals surface area contributed by atoms with Gasteiger partial charge in [0.05, 0.1) is 19.4 Å². The predicted octanol–water partition coefficient (Wildman–Crippen LogP) is 4.03. The minimum absolute atomic E-state index is 0.0679. The first-order valence-corrected chi connectivity index (χ1v) is 14.3. The Balaban J connectivity index is 1.47. The fraction of sp³-hybridized carbons (Fsp3) is 0.407. The van der Waals surface area contributed by atoms with Crippen molar-refractivity contribution in [1.29, 1.82) is 0 Å². The molecule has 1 aliphatic carbocycles. The van der Waals surface area contributed by atoms with E-state index in [1.807, 2.05) is 10.8 Å². The van der Waals surface area contributed by atoms with Gasteiger partial charge in [0.2, 0.25) is 0 Å². The van der Waals surface area contributed by atoms with E-state index in [0.717, 1.165) is 7.05 Å². The van der Waals surface area contributed by atoms with Gasteiger partial charge in [0.15, 0.2) is 0 Å². The fourth-order valence-corrected chi connectivity index (χ4v) is 6.01. The highest BCUT2D eigenvalue weighted by Crippen LogP contribution is 2.50. The third kappa shape index (κ3) is 5.86. The van der Waals surface area contributed by atoms with Crippen molar-refractivity contribution in [2.45, 2.75) is 37.3 Å². The quantitative estimate of drug-likeness (QED) is 0.412. The number of pyridine rings is 1. The molecular formula is C27H29F3N4O5S. The number of ether oxygens (including phenoxy) is 2. The van der Waals surface area contributed by atoms with Crippen molar-refractivity contribution in [3.8, 4) is 5.75 Å². The lowest BCUT2D eigenvalue weighted by molar-refractivity contribution is 0.0973. The number of hydrogen-bond donors (Lipinski definition) is 1. The van der Waals surface area contributed by atoms with Crippen molar-refractivity contribution in [3.63, 3.8) is 0 Å². The number of fused-ring (bicyclic) bond motifs is 1. The van der Waals surface area contributed by atoms with E-state index < -0.39 is 47.2 Å². The van der Waals surface area contributed by atoms with E-state index in [9.17, 15) is 26.4 Å². The van der Waals surface area contributed by atoms with Crippen LogP contribution >= 0.6 is 0 Å². The van der Waals surface area contributed by atoms with Gasteiger partial charge in [-0.2, -0.15) is 12.7 Å². The van der Waals surface area contributed by atoms with E-state index in [2.05, 4.69) is 4.98 Å². The first-order valence-electron chi connectivity index (χ1n) is 12.9. The number of carbonyl (C=O) groups excluding carboxylic acids is 1. The monoisotopic (exact) mass is 578 g/mol. The number of amides is 1. The van der Waals surface area contributed by atoms with E-state index in [1.54, 1.807) is 24.4 Å². The van der Waals surface area contributed by atoms with Crippen molar-refractivity contribution in [1.82, 2.24) is 18.4 Å². The average Bonchev–Trinajstić information content (AvgIpc) is 3.53. The Morgan fingerprint density at radius 2 is 2.05 bits per heavy atom. The molecule has 13 heteroatoms. The molecule has 1 aromatic carbocycles. The maximum absolute atomic E-state index is 14.9. The summed E-state index contributed by atoms with van der Waals surface area (Å²) in [5.41, 5.74) is 1.52. The molecule has 3 heterocycles. The summed E-state index contributed by atoms with van der Waals surface area (Å²) in [4.78, 5) is 17.1. The first-order chi connectivity index (χ1) is 19.2. The molecule has 1 aliphatic heterocycles. The maximum atomic E-state index is 14.9. The lowest BCUT2D eigenvalue weighted by Crippen LogP contribution is -2.42. The standard InChI is InChI=1S/C27H29F3N4O5S/c1-33(9-8-28)40(36,37)32-27(35)24-15-31-26-5-2-17(16-34(24)26)21-13-19(30)14-22(21)23-12-18(29)3-4-25(23)39-20-6-10-38-11-7-20/h2-6,12,15-16,19,21-22H,7-11,13-14H2,1H3,(H,32,35)/t19-,21?,22+/m1/s1. The number of aromatic nitrogens is 2. The summed E-state index contributed by atoms with van der Waals surface area (Å²) in [6, 6.07) is 7.64. The summed E-state index contributed by atoms with van der Waals surface area (Å²) in [5.74, 6) is -1.07. The summed E-state index contributed by atoms with van der Waals surface area (Å²) in [6.45, 7) is -0.398. The lowest BCUT2D eigenvalue weighted by Gasteiger charge is -2.24. The number of nitrogens with one attached hydrogen (secondary N) is 1. The third-order valence-electron chi connectivity index (χ3n) is 7.26. The Morgan fingerprint density at radius 1 is 1.25 bits per heavy atom. The Morgan fingerprint density at radius 3 is 2.80 bits per heavy atom. The molecule has 3 atom stereocenters. The zero-order valence-electron chi connectivity index (χ0n) is 21.7. The molecule has 2 aromatic heterocycles. The van der Waals surface area contributed by atoms with Crippen molar-refractivity contribution in [3.05, 3.63) is 77.2 Å². The van der Waals surface area contributed by atoms with Gasteiger partial charge in [-0.1, -0.05) is 6.07 Å². The van der Waals surface area contributed by atoms with Gasteiger partial charge in [0, 0.05) is 31.8 Å². The topological polar surface area (TPSA) is 102 Å². The zero-order valence-corrected chi connectivity index (χ0v) is 22.5. The highest BCUT2D eigenvalue weighted by Gasteiger charge is 2.38. The number of carbonyl (C=O) groups is 1. The molecule has 0 bridgehead atoms. The van der Waals surface area contributed by atoms with Gasteiger partial charge in [0.1, 0.15) is 41.5 Å². The van der Waals surface area contributed by atoms with Crippen LogP contribution in [0, 0.1) is 5.82 Å². The van der Waals surface area contributed by atoms with Gasteiger partial charge >= 0.3 is 10.2 Å². The lowest BCUT2D eigenvalue weighted by atomic mass is 9.84. The van der Waals surface area contributed by atoms with E-state index in [0.29, 0.717) is 52.2 Å². The van der Waals surface area contributed by atoms with Crippen molar-refractivity contribution >= 4 is 21.8 Å². The second kappa shape index (κ2) is 11.6. The Bertz CT molecular complexity index is 1540. The minimum atomic E-state index is -4.27. The second-order valence-electron chi connectivity index (χ2n) is 9.84. The maximum Gasteiger partial charge on any atom is 0.303 e. The molecule has 40 heavy (non-hydrogen) atoms. The Hall–Kier alpha value is -3.42. The SMILES string of the molecule is CN(CCF)S(=O)(=O)NC(=O)c1cnc2ccc(C3C[C@@H](F)C[C@@H]3c3cc(F)ccc3OC3=CCOCC3)cn12. The van der Waals surface area contributed by atoms with Crippen molar-refractivity contribution in [2.75, 3.05) is 33.5 Å². The molecule has 1 N–H and O–H groups in total. The highest BCUT2D eigenvalue weighted by atomic mass is 32.2. The van der Waals surface area contributed by atoms with E-state index >= 15 is 0 Å². The van der Waals surface area contributed by atoms with Gasteiger partial charge in [-0.05, 0) is 60.6 Å². The molecule has 0 radical (unpaired) electrons. The Kier molecular flexibility index (Phi) is 8.15. The highest BCUT2D eigenvalue weighted by molar-refractivity contribution is 7.87. The molecule has 1 amide bonds. The number of hydrogen-bond acceptors (Lipinski definition) is 6. The third-order valence-corrected chi connectivity index (χ3v) is 8.71. The van der Waals surface area contributed by atoms with Crippen LogP contribution in [-0.4, -0.2) is 67.7 Å². The number of rotatable bonds is 9. The fourth-order valence-electron chi connectivity index (χ4n) is 5.20. The molecule has 5 rings (SSSR count). The summed E-state index contributed by atoms with van der Waals surface area (Å²) < 4.78 is 82.2. The van der Waals surface area contributed by atoms with Gasteiger partial charge in [-0.15, -0.1) is 0 Å². The smallest absolute Gasteiger partial charge is 0.303 e. The molecular weight excluding hydrogens is 549 g/mol. The van der Waals surface area contributed by atoms with Crippen LogP contribution in [0.1, 0.15) is 52.7 Å². The van der Waals surface area contributed by atoms with Gasteiger partial charge in [0.25, 0.3) is 5.91 Å². The number of benzene rings is 1. The van der Waals surface area contributed by atoms with Gasteiger partial charge < -0.3 is 9.47 Å². The van der Waals surface area contributed by atoms with E-state index in [1.165, 1.54) is 22.7 Å². The molecule has 3 aromatic rings. The summed E-state index contributed by atoms with van der Waals surface area (Å²) >= 11 is 0. The molecule has 0 spiro atoms. The van der Waals surface area contributed by atoms with E-state index in [-0.39, 0.29) is 24.5 Å². The van der Waals surface area contributed by atoms with Crippen LogP contribution in [0.3, 0.4) is 0 Å². The molecule has 214 valence electrons. The van der Waals surface area contributed by atoms with Crippen LogP contribution < -0.4 is 9.46 Å². The van der Waals surface area contributed by atoms with Crippen molar-refractivity contribution < 1.29 is 35.9 Å². The molecule has 0 saturated heterocycles. The normalized spacial score (nSPS) is 21.5. The second-order valence-corrected chi connectivity index (χ2v) is 11.6. The van der Waals surface area contributed by atoms with Crippen LogP contribution in [0.2, 0.25) is 0 Å².